The van der Waals surface area contributed by atoms with E-state index < -0.39 is 0 Å². The van der Waals surface area contributed by atoms with Gasteiger partial charge in [0.15, 0.2) is 0 Å². The Kier molecular flexibility index (Phi) is 3.98. The Morgan fingerprint density at radius 1 is 1.31 bits per heavy atom. The van der Waals surface area contributed by atoms with Crippen molar-refractivity contribution in [2.75, 3.05) is 0 Å². The molecule has 0 saturated carbocycles. The molecule has 0 radical (unpaired) electrons. The monoisotopic (exact) mass is 239 g/mol. The highest BCUT2D eigenvalue weighted by atomic mass is 35.5. The third kappa shape index (κ3) is 3.24. The van der Waals surface area contributed by atoms with Gasteiger partial charge in [0.05, 0.1) is 10.6 Å². The Bertz CT molecular complexity index is 382. The molecule has 1 N–H and O–H groups in total. The lowest BCUT2D eigenvalue weighted by Crippen LogP contribution is -2.41. The maximum atomic E-state index is 11.9. The smallest absolute Gasteiger partial charge is 0.253 e. The highest BCUT2D eigenvalue weighted by Crippen LogP contribution is 2.20. The predicted molar refractivity (Wildman–Crippen MR) is 67.8 cm³/mol. The average Bonchev–Trinajstić information content (AvgIpc) is 2.16. The van der Waals surface area contributed by atoms with E-state index in [2.05, 4.69) is 26.1 Å². The van der Waals surface area contributed by atoms with Crippen LogP contribution in [-0.2, 0) is 0 Å². The highest BCUT2D eigenvalue weighted by Gasteiger charge is 2.22. The molecule has 1 aromatic carbocycles. The van der Waals surface area contributed by atoms with Gasteiger partial charge in [0.25, 0.3) is 5.91 Å². The molecule has 0 aliphatic rings. The molecule has 1 atom stereocenters. The van der Waals surface area contributed by atoms with Crippen molar-refractivity contribution in [3.63, 3.8) is 0 Å². The van der Waals surface area contributed by atoms with Crippen LogP contribution in [0, 0.1) is 5.41 Å². The fourth-order valence-electron chi connectivity index (χ4n) is 1.14. The van der Waals surface area contributed by atoms with Crippen LogP contribution in [0.15, 0.2) is 24.3 Å². The van der Waals surface area contributed by atoms with Crippen LogP contribution in [0.5, 0.6) is 0 Å². The van der Waals surface area contributed by atoms with Gasteiger partial charge in [-0.3, -0.25) is 4.79 Å². The Morgan fingerprint density at radius 3 is 2.38 bits per heavy atom. The van der Waals surface area contributed by atoms with Crippen molar-refractivity contribution >= 4 is 17.5 Å². The number of carbonyl (C=O) groups excluding carboxylic acids is 1. The number of hydrogen-bond donors (Lipinski definition) is 1. The first-order chi connectivity index (χ1) is 7.32. The number of rotatable bonds is 2. The number of nitrogens with one attached hydrogen (secondary N) is 1. The molecule has 1 aromatic rings. The van der Waals surface area contributed by atoms with Gasteiger partial charge in [-0.15, -0.1) is 0 Å². The second-order valence-electron chi connectivity index (χ2n) is 5.04. The minimum atomic E-state index is -0.118. The van der Waals surface area contributed by atoms with Gasteiger partial charge in [0.1, 0.15) is 0 Å². The van der Waals surface area contributed by atoms with Crippen LogP contribution in [-0.4, -0.2) is 11.9 Å². The zero-order valence-corrected chi connectivity index (χ0v) is 10.9. The van der Waals surface area contributed by atoms with Crippen LogP contribution in [0.4, 0.5) is 0 Å². The Hall–Kier alpha value is -1.02. The van der Waals surface area contributed by atoms with Gasteiger partial charge in [-0.1, -0.05) is 44.5 Å². The van der Waals surface area contributed by atoms with Gasteiger partial charge >= 0.3 is 0 Å². The van der Waals surface area contributed by atoms with Crippen molar-refractivity contribution in [1.29, 1.82) is 0 Å². The van der Waals surface area contributed by atoms with E-state index in [1.807, 2.05) is 19.1 Å². The molecule has 0 bridgehead atoms. The fraction of sp³-hybridized carbons (Fsp3) is 0.462. The van der Waals surface area contributed by atoms with Gasteiger partial charge in [-0.05, 0) is 24.5 Å². The van der Waals surface area contributed by atoms with Gasteiger partial charge in [-0.2, -0.15) is 0 Å². The van der Waals surface area contributed by atoms with Gasteiger partial charge in [0.2, 0.25) is 0 Å². The summed E-state index contributed by atoms with van der Waals surface area (Å²) in [6.45, 7) is 8.26. The summed E-state index contributed by atoms with van der Waals surface area (Å²) in [5.41, 5.74) is 0.567. The Labute approximate surface area is 102 Å². The van der Waals surface area contributed by atoms with Crippen LogP contribution in [0.2, 0.25) is 5.02 Å². The molecule has 0 aliphatic carbocycles. The number of benzene rings is 1. The van der Waals surface area contributed by atoms with Crippen molar-refractivity contribution in [3.05, 3.63) is 34.9 Å². The van der Waals surface area contributed by atoms with Gasteiger partial charge in [0, 0.05) is 6.04 Å². The molecule has 1 amide bonds. The number of carbonyl (C=O) groups is 1. The largest absolute Gasteiger partial charge is 0.349 e. The lowest BCUT2D eigenvalue weighted by molar-refractivity contribution is 0.0910. The third-order valence-electron chi connectivity index (χ3n) is 2.77. The van der Waals surface area contributed by atoms with Crippen LogP contribution in [0.1, 0.15) is 38.1 Å². The lowest BCUT2D eigenvalue weighted by Gasteiger charge is -2.28. The van der Waals surface area contributed by atoms with Gasteiger partial charge < -0.3 is 5.32 Å². The summed E-state index contributed by atoms with van der Waals surface area (Å²) in [4.78, 5) is 11.9. The van der Waals surface area contributed by atoms with Crippen LogP contribution < -0.4 is 5.32 Å². The molecule has 0 unspecified atom stereocenters. The van der Waals surface area contributed by atoms with Crippen LogP contribution >= 0.6 is 11.6 Å². The summed E-state index contributed by atoms with van der Waals surface area (Å²) in [6.07, 6.45) is 0. The minimum absolute atomic E-state index is 0.0386. The fourth-order valence-corrected chi connectivity index (χ4v) is 1.36. The van der Waals surface area contributed by atoms with Crippen molar-refractivity contribution in [3.8, 4) is 0 Å². The summed E-state index contributed by atoms with van der Waals surface area (Å²) < 4.78 is 0. The standard InChI is InChI=1S/C13H18ClNO/c1-9(13(2,3)4)15-12(16)10-7-5-6-8-11(10)14/h5-9H,1-4H3,(H,15,16)/t9-/m1/s1. The molecular formula is C13H18ClNO. The first kappa shape index (κ1) is 13.0. The lowest BCUT2D eigenvalue weighted by atomic mass is 9.88. The van der Waals surface area contributed by atoms with Crippen LogP contribution in [0.25, 0.3) is 0 Å². The number of hydrogen-bond acceptors (Lipinski definition) is 1. The molecule has 0 heterocycles. The molecule has 0 spiro atoms. The normalized spacial score (nSPS) is 13.3. The quantitative estimate of drug-likeness (QED) is 0.841. The Balaban J connectivity index is 2.78. The first-order valence-corrected chi connectivity index (χ1v) is 5.75. The first-order valence-electron chi connectivity index (χ1n) is 5.38. The molecule has 88 valence electrons. The van der Waals surface area contributed by atoms with Crippen molar-refractivity contribution < 1.29 is 4.79 Å². The summed E-state index contributed by atoms with van der Waals surface area (Å²) in [5.74, 6) is -0.118. The topological polar surface area (TPSA) is 29.1 Å². The van der Waals surface area contributed by atoms with E-state index in [1.165, 1.54) is 0 Å². The molecule has 0 aliphatic heterocycles. The second-order valence-corrected chi connectivity index (χ2v) is 5.45. The summed E-state index contributed by atoms with van der Waals surface area (Å²) in [7, 11) is 0. The SMILES string of the molecule is C[C@@H](NC(=O)c1ccccc1Cl)C(C)(C)C. The molecular weight excluding hydrogens is 222 g/mol. The highest BCUT2D eigenvalue weighted by molar-refractivity contribution is 6.33. The summed E-state index contributed by atoms with van der Waals surface area (Å²) in [6, 6.07) is 7.16. The van der Waals surface area contributed by atoms with Gasteiger partial charge in [-0.25, -0.2) is 0 Å². The molecule has 0 aromatic heterocycles. The van der Waals surface area contributed by atoms with E-state index in [-0.39, 0.29) is 17.4 Å². The van der Waals surface area contributed by atoms with Crippen LogP contribution in [0.3, 0.4) is 0 Å². The van der Waals surface area contributed by atoms with E-state index in [1.54, 1.807) is 12.1 Å². The minimum Gasteiger partial charge on any atom is -0.349 e. The van der Waals surface area contributed by atoms with Crippen molar-refractivity contribution in [2.45, 2.75) is 33.7 Å². The molecule has 3 heteroatoms. The maximum Gasteiger partial charge on any atom is 0.253 e. The van der Waals surface area contributed by atoms with E-state index in [9.17, 15) is 4.79 Å². The van der Waals surface area contributed by atoms with E-state index in [0.717, 1.165) is 0 Å². The number of amides is 1. The predicted octanol–water partition coefficient (Wildman–Crippen LogP) is 3.50. The number of halogens is 1. The van der Waals surface area contributed by atoms with E-state index in [4.69, 9.17) is 11.6 Å². The summed E-state index contributed by atoms with van der Waals surface area (Å²) in [5, 5.41) is 3.44. The second kappa shape index (κ2) is 4.88. The van der Waals surface area contributed by atoms with Crippen molar-refractivity contribution in [1.82, 2.24) is 5.32 Å². The molecule has 1 rings (SSSR count). The van der Waals surface area contributed by atoms with E-state index >= 15 is 0 Å². The molecule has 2 nitrogen and oxygen atoms in total. The molecule has 0 fully saturated rings. The zero-order chi connectivity index (χ0) is 12.3. The average molecular weight is 240 g/mol. The molecule has 16 heavy (non-hydrogen) atoms. The van der Waals surface area contributed by atoms with Crippen molar-refractivity contribution in [2.24, 2.45) is 5.41 Å². The molecule has 0 saturated heterocycles. The maximum absolute atomic E-state index is 11.9. The Morgan fingerprint density at radius 2 is 1.88 bits per heavy atom. The third-order valence-corrected chi connectivity index (χ3v) is 3.09. The zero-order valence-electron chi connectivity index (χ0n) is 10.2. The summed E-state index contributed by atoms with van der Waals surface area (Å²) >= 11 is 5.96. The van der Waals surface area contributed by atoms with E-state index in [0.29, 0.717) is 10.6 Å².